The second-order valence-corrected chi connectivity index (χ2v) is 13.8. The molecule has 4 heteroatoms. The van der Waals surface area contributed by atoms with Crippen molar-refractivity contribution >= 4 is 32.7 Å². The van der Waals surface area contributed by atoms with Gasteiger partial charge in [-0.25, -0.2) is 0 Å². The first kappa shape index (κ1) is 32.9. The summed E-state index contributed by atoms with van der Waals surface area (Å²) in [5.74, 6) is 1.44. The van der Waals surface area contributed by atoms with Crippen molar-refractivity contribution in [1.82, 2.24) is 0 Å². The zero-order chi connectivity index (χ0) is 35.8. The number of fused-ring (bicyclic) bond motifs is 4. The van der Waals surface area contributed by atoms with Crippen LogP contribution in [-0.2, 0) is 5.41 Å². The minimum absolute atomic E-state index is 0.0430. The van der Waals surface area contributed by atoms with Crippen LogP contribution in [0.5, 0.6) is 11.5 Å². The van der Waals surface area contributed by atoms with E-state index >= 15 is 0 Å². The lowest BCUT2D eigenvalue weighted by Gasteiger charge is -2.36. The monoisotopic (exact) mass is 692 g/mol. The molecule has 53 heavy (non-hydrogen) atoms. The highest BCUT2D eigenvalue weighted by Crippen LogP contribution is 2.59. The van der Waals surface area contributed by atoms with Gasteiger partial charge >= 0.3 is 0 Å². The summed E-state index contributed by atoms with van der Waals surface area (Å²) in [6, 6.07) is 54.4. The van der Waals surface area contributed by atoms with E-state index in [1.165, 1.54) is 66.1 Å². The Morgan fingerprint density at radius 3 is 1.66 bits per heavy atom. The molecular weight excluding hydrogens is 653 g/mol. The molecule has 0 atom stereocenters. The highest BCUT2D eigenvalue weighted by Gasteiger charge is 2.48. The number of hydrogen-bond donors (Lipinski definition) is 2. The lowest BCUT2D eigenvalue weighted by molar-refractivity contribution is 0.201. The highest BCUT2D eigenvalue weighted by molar-refractivity contribution is 6.00. The molecule has 260 valence electrons. The van der Waals surface area contributed by atoms with E-state index in [1.807, 2.05) is 24.3 Å². The first-order valence-electron chi connectivity index (χ1n) is 18.4. The van der Waals surface area contributed by atoms with Crippen LogP contribution in [0.2, 0.25) is 0 Å². The molecule has 2 aliphatic rings. The molecule has 9 rings (SSSR count). The molecule has 0 unspecified atom stereocenters. The van der Waals surface area contributed by atoms with Gasteiger partial charge in [-0.1, -0.05) is 127 Å². The van der Waals surface area contributed by atoms with E-state index in [9.17, 15) is 10.2 Å². The molecule has 4 nitrogen and oxygen atoms in total. The Hall–Kier alpha value is -5.94. The first-order chi connectivity index (χ1) is 26.2. The molecule has 0 radical (unpaired) electrons. The van der Waals surface area contributed by atoms with Crippen molar-refractivity contribution in [2.45, 2.75) is 18.3 Å². The van der Waals surface area contributed by atoms with Gasteiger partial charge in [0.15, 0.2) is 0 Å². The van der Waals surface area contributed by atoms with Crippen LogP contribution in [0.15, 0.2) is 163 Å². The van der Waals surface area contributed by atoms with Crippen LogP contribution in [0.3, 0.4) is 0 Å². The number of hydrogen-bond acceptors (Lipinski definition) is 4. The van der Waals surface area contributed by atoms with Crippen molar-refractivity contribution in [3.8, 4) is 22.6 Å². The Bertz CT molecular complexity index is 2460. The Morgan fingerprint density at radius 1 is 0.509 bits per heavy atom. The van der Waals surface area contributed by atoms with Crippen LogP contribution in [0.4, 0.5) is 0 Å². The zero-order valence-electron chi connectivity index (χ0n) is 29.5. The summed E-state index contributed by atoms with van der Waals surface area (Å²) in [5, 5.41) is 23.9. The topological polar surface area (TPSA) is 58.9 Å². The molecule has 0 bridgehead atoms. The third kappa shape index (κ3) is 5.63. The third-order valence-electron chi connectivity index (χ3n) is 11.0. The van der Waals surface area contributed by atoms with Crippen molar-refractivity contribution in [3.63, 3.8) is 0 Å². The molecule has 0 aromatic heterocycles. The van der Waals surface area contributed by atoms with E-state index < -0.39 is 5.41 Å². The van der Waals surface area contributed by atoms with Gasteiger partial charge in [0, 0.05) is 0 Å². The average Bonchev–Trinajstić information content (AvgIpc) is 3.51. The predicted octanol–water partition coefficient (Wildman–Crippen LogP) is 10.4. The summed E-state index contributed by atoms with van der Waals surface area (Å²) in [6.45, 7) is 0.393. The Kier molecular flexibility index (Phi) is 8.63. The molecule has 0 saturated carbocycles. The number of aliphatic hydroxyl groups excluding tert-OH is 2. The normalized spacial score (nSPS) is 14.6. The molecule has 0 saturated heterocycles. The van der Waals surface area contributed by atoms with E-state index in [-0.39, 0.29) is 26.4 Å². The number of rotatable bonds is 10. The minimum atomic E-state index is -0.660. The third-order valence-corrected chi connectivity index (χ3v) is 11.0. The first-order valence-corrected chi connectivity index (χ1v) is 18.4. The lowest BCUT2D eigenvalue weighted by atomic mass is 9.65. The quantitative estimate of drug-likeness (QED) is 0.150. The van der Waals surface area contributed by atoms with E-state index in [4.69, 9.17) is 9.47 Å². The van der Waals surface area contributed by atoms with Gasteiger partial charge in [-0.05, 0) is 120 Å². The summed E-state index contributed by atoms with van der Waals surface area (Å²) in [7, 11) is 0. The van der Waals surface area contributed by atoms with Crippen LogP contribution in [0, 0.1) is 0 Å². The summed E-state index contributed by atoms with van der Waals surface area (Å²) in [4.78, 5) is 0. The van der Waals surface area contributed by atoms with Crippen molar-refractivity contribution < 1.29 is 19.7 Å². The molecule has 0 amide bonds. The average molecular weight is 693 g/mol. The van der Waals surface area contributed by atoms with Crippen molar-refractivity contribution in [2.24, 2.45) is 0 Å². The van der Waals surface area contributed by atoms with Gasteiger partial charge in [0.1, 0.15) is 24.7 Å². The standard InChI is InChI=1S/C49H40O4/c50-27-29-52-39-21-17-37(18-22-39)49(38-19-23-40(24-20-38)53-30-28-51)47-31-35(43-13-5-9-33-7-1-3-11-41(33)43)15-25-45(47)46-26-16-36(32-48(46)49)44-14-6-10-34-8-2-4-12-42(34)44/h1-15,17-25,31-32,50-51H,16,26-30H2. The maximum atomic E-state index is 9.47. The second kappa shape index (κ2) is 13.9. The Balaban J connectivity index is 1.32. The number of allylic oxidation sites excluding steroid dienone is 4. The van der Waals surface area contributed by atoms with E-state index in [0.717, 1.165) is 35.5 Å². The molecular formula is C49H40O4. The van der Waals surface area contributed by atoms with Gasteiger partial charge in [0.2, 0.25) is 0 Å². The van der Waals surface area contributed by atoms with Crippen LogP contribution < -0.4 is 9.47 Å². The van der Waals surface area contributed by atoms with Crippen LogP contribution in [0.25, 0.3) is 43.8 Å². The maximum Gasteiger partial charge on any atom is 0.119 e. The van der Waals surface area contributed by atoms with Crippen LogP contribution in [-0.4, -0.2) is 36.6 Å². The van der Waals surface area contributed by atoms with Gasteiger partial charge in [0.25, 0.3) is 0 Å². The van der Waals surface area contributed by atoms with Crippen molar-refractivity contribution in [3.05, 3.63) is 191 Å². The number of aliphatic hydroxyl groups is 2. The fourth-order valence-electron chi connectivity index (χ4n) is 8.69. The molecule has 2 aliphatic carbocycles. The lowest BCUT2D eigenvalue weighted by Crippen LogP contribution is -2.30. The summed E-state index contributed by atoms with van der Waals surface area (Å²) in [6.07, 6.45) is 4.34. The van der Waals surface area contributed by atoms with Crippen molar-refractivity contribution in [2.75, 3.05) is 26.4 Å². The molecule has 7 aromatic carbocycles. The van der Waals surface area contributed by atoms with E-state index in [1.54, 1.807) is 0 Å². The minimum Gasteiger partial charge on any atom is -0.491 e. The molecule has 0 spiro atoms. The fraction of sp³-hybridized carbons (Fsp3) is 0.143. The summed E-state index contributed by atoms with van der Waals surface area (Å²) >= 11 is 0. The number of benzene rings is 7. The van der Waals surface area contributed by atoms with Gasteiger partial charge < -0.3 is 19.7 Å². The molecule has 0 heterocycles. The van der Waals surface area contributed by atoms with Crippen LogP contribution in [0.1, 0.15) is 40.7 Å². The summed E-state index contributed by atoms with van der Waals surface area (Å²) < 4.78 is 11.7. The Labute approximate surface area is 309 Å². The second-order valence-electron chi connectivity index (χ2n) is 13.8. The maximum absolute atomic E-state index is 9.47. The number of ether oxygens (including phenoxy) is 2. The van der Waals surface area contributed by atoms with Gasteiger partial charge in [0.05, 0.1) is 18.6 Å². The molecule has 0 aliphatic heterocycles. The van der Waals surface area contributed by atoms with Gasteiger partial charge in [-0.3, -0.25) is 0 Å². The molecule has 7 aromatic rings. The van der Waals surface area contributed by atoms with E-state index in [0.29, 0.717) is 0 Å². The smallest absolute Gasteiger partial charge is 0.119 e. The molecule has 0 fully saturated rings. The largest absolute Gasteiger partial charge is 0.491 e. The van der Waals surface area contributed by atoms with Crippen LogP contribution >= 0.6 is 0 Å². The van der Waals surface area contributed by atoms with E-state index in [2.05, 4.69) is 133 Å². The molecule has 2 N–H and O–H groups in total. The SMILES string of the molecule is OCCOc1ccc(C2(c3ccc(OCCO)cc3)C3=C(CCC(c4cccc5ccccc45)=C3)c3ccc(-c4cccc5ccccc45)cc32)cc1. The zero-order valence-corrected chi connectivity index (χ0v) is 29.5. The van der Waals surface area contributed by atoms with Crippen molar-refractivity contribution in [1.29, 1.82) is 0 Å². The Morgan fingerprint density at radius 2 is 1.06 bits per heavy atom. The fourth-order valence-corrected chi connectivity index (χ4v) is 8.69. The predicted molar refractivity (Wildman–Crippen MR) is 215 cm³/mol. The highest BCUT2D eigenvalue weighted by atomic mass is 16.5. The van der Waals surface area contributed by atoms with Gasteiger partial charge in [-0.15, -0.1) is 0 Å². The summed E-state index contributed by atoms with van der Waals surface area (Å²) in [5.41, 5.74) is 11.8. The van der Waals surface area contributed by atoms with Gasteiger partial charge in [-0.2, -0.15) is 0 Å².